The lowest BCUT2D eigenvalue weighted by atomic mass is 10.1. The number of anilines is 2. The molecule has 1 aliphatic heterocycles. The van der Waals surface area contributed by atoms with Gasteiger partial charge in [-0.2, -0.15) is 0 Å². The van der Waals surface area contributed by atoms with Gasteiger partial charge < -0.3 is 30.5 Å². The third-order valence-electron chi connectivity index (χ3n) is 4.09. The number of rotatable bonds is 10. The first kappa shape index (κ1) is 19.4. The summed E-state index contributed by atoms with van der Waals surface area (Å²) in [5.41, 5.74) is 2.20. The molecule has 2 heterocycles. The number of hydrogen-bond acceptors (Lipinski definition) is 7. The molecule has 3 rings (SSSR count). The van der Waals surface area contributed by atoms with E-state index in [0.717, 1.165) is 11.3 Å². The standard InChI is InChI=1S/C19H24N6O3/c1-2-27-10-8-21-12-15(11-20)24-18-23-13-17(28-18)14-3-5-16(6-4-14)25-9-7-22-19(25)26/h3-6,11-13,20-21H,2,7-10H2,1H3,(H,22,26)(H,23,24)/b15-12+,20-11?. The molecule has 0 spiro atoms. The predicted molar refractivity (Wildman–Crippen MR) is 108 cm³/mol. The van der Waals surface area contributed by atoms with Crippen LogP contribution < -0.4 is 20.9 Å². The Morgan fingerprint density at radius 2 is 2.25 bits per heavy atom. The van der Waals surface area contributed by atoms with E-state index in [0.29, 0.717) is 50.3 Å². The molecule has 1 saturated heterocycles. The van der Waals surface area contributed by atoms with Crippen molar-refractivity contribution in [2.75, 3.05) is 43.1 Å². The van der Waals surface area contributed by atoms with Gasteiger partial charge >= 0.3 is 6.03 Å². The Morgan fingerprint density at radius 3 is 2.93 bits per heavy atom. The van der Waals surface area contributed by atoms with Crippen LogP contribution in [0.3, 0.4) is 0 Å². The quantitative estimate of drug-likeness (QED) is 0.369. The van der Waals surface area contributed by atoms with Crippen LogP contribution in [0.1, 0.15) is 6.92 Å². The number of amides is 2. The predicted octanol–water partition coefficient (Wildman–Crippen LogP) is 2.40. The number of hydrogen-bond donors (Lipinski definition) is 4. The van der Waals surface area contributed by atoms with Crippen LogP contribution in [0.4, 0.5) is 16.5 Å². The maximum atomic E-state index is 11.7. The second-order valence-electron chi connectivity index (χ2n) is 5.98. The molecule has 9 heteroatoms. The van der Waals surface area contributed by atoms with E-state index in [2.05, 4.69) is 20.9 Å². The van der Waals surface area contributed by atoms with Crippen LogP contribution in [0.25, 0.3) is 11.3 Å². The zero-order chi connectivity index (χ0) is 19.8. The largest absolute Gasteiger partial charge is 0.423 e. The van der Waals surface area contributed by atoms with Crippen LogP contribution >= 0.6 is 0 Å². The normalized spacial score (nSPS) is 14.1. The van der Waals surface area contributed by atoms with Crippen molar-refractivity contribution in [2.24, 2.45) is 0 Å². The van der Waals surface area contributed by atoms with Crippen molar-refractivity contribution < 1.29 is 13.9 Å². The lowest BCUT2D eigenvalue weighted by Crippen LogP contribution is -2.27. The Hall–Kier alpha value is -3.33. The minimum Gasteiger partial charge on any atom is -0.423 e. The van der Waals surface area contributed by atoms with Gasteiger partial charge in [0.25, 0.3) is 6.01 Å². The molecule has 4 N–H and O–H groups in total. The average molecular weight is 384 g/mol. The molecule has 9 nitrogen and oxygen atoms in total. The molecule has 28 heavy (non-hydrogen) atoms. The Labute approximate surface area is 163 Å². The smallest absolute Gasteiger partial charge is 0.321 e. The average Bonchev–Trinajstić information content (AvgIpc) is 3.36. The number of nitrogens with zero attached hydrogens (tertiary/aromatic N) is 2. The van der Waals surface area contributed by atoms with Crippen LogP contribution in [0.15, 0.2) is 46.8 Å². The van der Waals surface area contributed by atoms with E-state index >= 15 is 0 Å². The fraction of sp³-hybridized carbons (Fsp3) is 0.316. The molecule has 148 valence electrons. The highest BCUT2D eigenvalue weighted by molar-refractivity contribution is 5.94. The molecule has 0 bridgehead atoms. The van der Waals surface area contributed by atoms with Crippen molar-refractivity contribution in [1.29, 1.82) is 5.41 Å². The van der Waals surface area contributed by atoms with Crippen molar-refractivity contribution in [3.8, 4) is 11.3 Å². The van der Waals surface area contributed by atoms with E-state index in [9.17, 15) is 4.79 Å². The zero-order valence-corrected chi connectivity index (χ0v) is 15.7. The SMILES string of the molecule is CCOCCN/C=C(\C=N)Nc1ncc(-c2ccc(N3CCNC3=O)cc2)o1. The monoisotopic (exact) mass is 384 g/mol. The Bertz CT molecular complexity index is 830. The molecular formula is C19H24N6O3. The summed E-state index contributed by atoms with van der Waals surface area (Å²) in [5, 5.41) is 16.3. The summed E-state index contributed by atoms with van der Waals surface area (Å²) in [6, 6.07) is 7.73. The number of ether oxygens (including phenoxy) is 1. The van der Waals surface area contributed by atoms with Gasteiger partial charge in [0.2, 0.25) is 0 Å². The molecule has 0 radical (unpaired) electrons. The molecule has 1 aliphatic rings. The molecule has 0 aliphatic carbocycles. The van der Waals surface area contributed by atoms with E-state index < -0.39 is 0 Å². The van der Waals surface area contributed by atoms with Crippen molar-refractivity contribution in [3.05, 3.63) is 42.4 Å². The summed E-state index contributed by atoms with van der Waals surface area (Å²) < 4.78 is 11.0. The molecule has 0 unspecified atom stereocenters. The molecule has 2 amide bonds. The zero-order valence-electron chi connectivity index (χ0n) is 15.7. The summed E-state index contributed by atoms with van der Waals surface area (Å²) in [7, 11) is 0. The van der Waals surface area contributed by atoms with Gasteiger partial charge in [-0.3, -0.25) is 4.90 Å². The van der Waals surface area contributed by atoms with E-state index in [1.54, 1.807) is 17.3 Å². The first-order chi connectivity index (χ1) is 13.7. The van der Waals surface area contributed by atoms with Gasteiger partial charge in [0.1, 0.15) is 0 Å². The molecule has 0 atom stereocenters. The van der Waals surface area contributed by atoms with Gasteiger partial charge in [0, 0.05) is 49.9 Å². The molecule has 1 aromatic carbocycles. The fourth-order valence-corrected chi connectivity index (χ4v) is 2.68. The molecule has 1 fully saturated rings. The lowest BCUT2D eigenvalue weighted by molar-refractivity contribution is 0.151. The molecule has 2 aromatic rings. The first-order valence-electron chi connectivity index (χ1n) is 9.11. The van der Waals surface area contributed by atoms with E-state index in [4.69, 9.17) is 14.6 Å². The van der Waals surface area contributed by atoms with Crippen molar-refractivity contribution in [3.63, 3.8) is 0 Å². The number of allylic oxidation sites excluding steroid dienone is 1. The summed E-state index contributed by atoms with van der Waals surface area (Å²) in [4.78, 5) is 17.6. The van der Waals surface area contributed by atoms with Crippen molar-refractivity contribution in [2.45, 2.75) is 6.92 Å². The minimum atomic E-state index is -0.0836. The van der Waals surface area contributed by atoms with Crippen molar-refractivity contribution >= 4 is 23.9 Å². The number of benzene rings is 1. The summed E-state index contributed by atoms with van der Waals surface area (Å²) in [6.07, 6.45) is 4.46. The van der Waals surface area contributed by atoms with E-state index in [1.165, 1.54) is 6.21 Å². The van der Waals surface area contributed by atoms with Gasteiger partial charge in [-0.25, -0.2) is 9.78 Å². The van der Waals surface area contributed by atoms with Crippen LogP contribution in [-0.4, -0.2) is 50.1 Å². The minimum absolute atomic E-state index is 0.0836. The lowest BCUT2D eigenvalue weighted by Gasteiger charge is -2.14. The van der Waals surface area contributed by atoms with Gasteiger partial charge in [0.15, 0.2) is 5.76 Å². The highest BCUT2D eigenvalue weighted by Crippen LogP contribution is 2.26. The van der Waals surface area contributed by atoms with E-state index in [-0.39, 0.29) is 6.03 Å². The van der Waals surface area contributed by atoms with Gasteiger partial charge in [-0.05, 0) is 31.2 Å². The van der Waals surface area contributed by atoms with Crippen LogP contribution in [0.2, 0.25) is 0 Å². The van der Waals surface area contributed by atoms with Gasteiger partial charge in [0.05, 0.1) is 18.5 Å². The number of aromatic nitrogens is 1. The van der Waals surface area contributed by atoms with Crippen LogP contribution in [0, 0.1) is 5.41 Å². The summed E-state index contributed by atoms with van der Waals surface area (Å²) in [6.45, 7) is 5.16. The van der Waals surface area contributed by atoms with Gasteiger partial charge in [-0.1, -0.05) is 0 Å². The highest BCUT2D eigenvalue weighted by atomic mass is 16.5. The molecule has 0 saturated carbocycles. The van der Waals surface area contributed by atoms with Crippen molar-refractivity contribution in [1.82, 2.24) is 15.6 Å². The summed E-state index contributed by atoms with van der Waals surface area (Å²) >= 11 is 0. The Kier molecular flexibility index (Phi) is 6.64. The van der Waals surface area contributed by atoms with Crippen LogP contribution in [0.5, 0.6) is 0 Å². The maximum absolute atomic E-state index is 11.7. The maximum Gasteiger partial charge on any atom is 0.321 e. The second kappa shape index (κ2) is 9.56. The Balaban J connectivity index is 1.60. The number of carbonyl (C=O) groups excluding carboxylic acids is 1. The third kappa shape index (κ3) is 4.89. The number of carbonyl (C=O) groups is 1. The second-order valence-corrected chi connectivity index (χ2v) is 5.98. The first-order valence-corrected chi connectivity index (χ1v) is 9.11. The number of nitrogens with one attached hydrogen (secondary N) is 4. The topological polar surface area (TPSA) is 116 Å². The van der Waals surface area contributed by atoms with E-state index in [1.807, 2.05) is 31.2 Å². The van der Waals surface area contributed by atoms with Crippen LogP contribution in [-0.2, 0) is 4.74 Å². The number of oxazole rings is 1. The highest BCUT2D eigenvalue weighted by Gasteiger charge is 2.21. The molecule has 1 aromatic heterocycles. The molecular weight excluding hydrogens is 360 g/mol. The summed E-state index contributed by atoms with van der Waals surface area (Å²) in [5.74, 6) is 0.591. The number of urea groups is 1. The third-order valence-corrected chi connectivity index (χ3v) is 4.09. The fourth-order valence-electron chi connectivity index (χ4n) is 2.68. The Morgan fingerprint density at radius 1 is 1.43 bits per heavy atom. The van der Waals surface area contributed by atoms with Gasteiger partial charge in [-0.15, -0.1) is 0 Å².